The molecule has 2 rings (SSSR count). The van der Waals surface area contributed by atoms with Crippen molar-refractivity contribution in [2.45, 2.75) is 31.9 Å². The number of rotatable bonds is 2. The van der Waals surface area contributed by atoms with Gasteiger partial charge in [-0.25, -0.2) is 4.98 Å². The molecular formula is C11H14BrClN2O. The zero-order chi connectivity index (χ0) is 11.5. The van der Waals surface area contributed by atoms with Crippen molar-refractivity contribution < 1.29 is 4.74 Å². The molecular weight excluding hydrogens is 291 g/mol. The largest absolute Gasteiger partial charge is 0.378 e. The van der Waals surface area contributed by atoms with E-state index in [1.165, 1.54) is 0 Å². The first kappa shape index (κ1) is 12.1. The van der Waals surface area contributed by atoms with Crippen molar-refractivity contribution in [1.82, 2.24) is 4.98 Å². The summed E-state index contributed by atoms with van der Waals surface area (Å²) in [6.45, 7) is 2.90. The number of hydrogen-bond donors (Lipinski definition) is 1. The van der Waals surface area contributed by atoms with Gasteiger partial charge >= 0.3 is 0 Å². The lowest BCUT2D eigenvalue weighted by molar-refractivity contribution is 0.0231. The average molecular weight is 306 g/mol. The maximum Gasteiger partial charge on any atom is 0.140 e. The van der Waals surface area contributed by atoms with E-state index in [1.54, 1.807) is 6.20 Å². The molecule has 0 amide bonds. The first-order valence-corrected chi connectivity index (χ1v) is 6.51. The van der Waals surface area contributed by atoms with Gasteiger partial charge in [-0.05, 0) is 41.8 Å². The van der Waals surface area contributed by atoms with Gasteiger partial charge in [-0.3, -0.25) is 0 Å². The summed E-state index contributed by atoms with van der Waals surface area (Å²) in [5, 5.41) is 4.05. The van der Waals surface area contributed by atoms with Crippen LogP contribution < -0.4 is 5.32 Å². The van der Waals surface area contributed by atoms with Crippen LogP contribution in [0.3, 0.4) is 0 Å². The Morgan fingerprint density at radius 2 is 2.44 bits per heavy atom. The fraction of sp³-hybridized carbons (Fsp3) is 0.545. The number of aromatic nitrogens is 1. The SMILES string of the molecule is CC1CC(Nc2ncc(Cl)cc2Br)CCO1. The topological polar surface area (TPSA) is 34.2 Å². The number of halogens is 2. The first-order chi connectivity index (χ1) is 7.65. The molecule has 1 aliphatic rings. The molecule has 5 heteroatoms. The van der Waals surface area contributed by atoms with Crippen molar-refractivity contribution in [3.05, 3.63) is 21.8 Å². The molecule has 2 atom stereocenters. The third-order valence-corrected chi connectivity index (χ3v) is 3.44. The highest BCUT2D eigenvalue weighted by atomic mass is 79.9. The van der Waals surface area contributed by atoms with Crippen LogP contribution >= 0.6 is 27.5 Å². The van der Waals surface area contributed by atoms with Crippen LogP contribution in [0, 0.1) is 0 Å². The Kier molecular flexibility index (Phi) is 4.05. The van der Waals surface area contributed by atoms with Crippen molar-refractivity contribution in [1.29, 1.82) is 0 Å². The third kappa shape index (κ3) is 3.09. The zero-order valence-corrected chi connectivity index (χ0v) is 11.4. The lowest BCUT2D eigenvalue weighted by Crippen LogP contribution is -2.32. The van der Waals surface area contributed by atoms with E-state index in [9.17, 15) is 0 Å². The quantitative estimate of drug-likeness (QED) is 0.908. The van der Waals surface area contributed by atoms with Crippen LogP contribution in [0.4, 0.5) is 5.82 Å². The van der Waals surface area contributed by atoms with E-state index in [0.29, 0.717) is 17.2 Å². The molecule has 3 nitrogen and oxygen atoms in total. The smallest absolute Gasteiger partial charge is 0.140 e. The molecule has 0 saturated carbocycles. The third-order valence-electron chi connectivity index (χ3n) is 2.63. The molecule has 1 aromatic rings. The summed E-state index contributed by atoms with van der Waals surface area (Å²) < 4.78 is 6.40. The van der Waals surface area contributed by atoms with Gasteiger partial charge in [0.1, 0.15) is 5.82 Å². The van der Waals surface area contributed by atoms with Gasteiger partial charge < -0.3 is 10.1 Å². The van der Waals surface area contributed by atoms with E-state index in [2.05, 4.69) is 33.2 Å². The lowest BCUT2D eigenvalue weighted by Gasteiger charge is -2.28. The Balaban J connectivity index is 2.02. The number of anilines is 1. The van der Waals surface area contributed by atoms with E-state index in [0.717, 1.165) is 29.7 Å². The Bertz CT molecular complexity index is 375. The molecule has 0 aromatic carbocycles. The average Bonchev–Trinajstić information content (AvgIpc) is 2.22. The number of nitrogens with zero attached hydrogens (tertiary/aromatic N) is 1. The molecule has 0 radical (unpaired) electrons. The molecule has 2 heterocycles. The molecule has 0 bridgehead atoms. The van der Waals surface area contributed by atoms with Crippen LogP contribution in [0.25, 0.3) is 0 Å². The van der Waals surface area contributed by atoms with E-state index in [4.69, 9.17) is 16.3 Å². The van der Waals surface area contributed by atoms with Crippen molar-refractivity contribution in [2.75, 3.05) is 11.9 Å². The van der Waals surface area contributed by atoms with E-state index >= 15 is 0 Å². The molecule has 1 N–H and O–H groups in total. The molecule has 1 saturated heterocycles. The molecule has 2 unspecified atom stereocenters. The predicted octanol–water partition coefficient (Wildman–Crippen LogP) is 3.48. The summed E-state index contributed by atoms with van der Waals surface area (Å²) in [6.07, 6.45) is 3.99. The fourth-order valence-electron chi connectivity index (χ4n) is 1.84. The van der Waals surface area contributed by atoms with Gasteiger partial charge in [0.15, 0.2) is 0 Å². The standard InChI is InChI=1S/C11H14BrClN2O/c1-7-4-9(2-3-16-7)15-11-10(12)5-8(13)6-14-11/h5-7,9H,2-4H2,1H3,(H,14,15). The van der Waals surface area contributed by atoms with Crippen LogP contribution in [-0.2, 0) is 4.74 Å². The summed E-state index contributed by atoms with van der Waals surface area (Å²) in [7, 11) is 0. The number of hydrogen-bond acceptors (Lipinski definition) is 3. The Labute approximate surface area is 109 Å². The number of pyridine rings is 1. The molecule has 1 aromatic heterocycles. The van der Waals surface area contributed by atoms with Gasteiger partial charge in [0.25, 0.3) is 0 Å². The molecule has 1 fully saturated rings. The second-order valence-electron chi connectivity index (χ2n) is 4.03. The fourth-order valence-corrected chi connectivity index (χ4v) is 2.60. The highest BCUT2D eigenvalue weighted by molar-refractivity contribution is 9.10. The number of ether oxygens (including phenoxy) is 1. The van der Waals surface area contributed by atoms with Crippen LogP contribution in [-0.4, -0.2) is 23.7 Å². The highest BCUT2D eigenvalue weighted by Gasteiger charge is 2.20. The lowest BCUT2D eigenvalue weighted by atomic mass is 10.0. The van der Waals surface area contributed by atoms with Gasteiger partial charge in [0.05, 0.1) is 15.6 Å². The normalized spacial score (nSPS) is 25.4. The summed E-state index contributed by atoms with van der Waals surface area (Å²) in [6, 6.07) is 2.27. The van der Waals surface area contributed by atoms with Gasteiger partial charge in [-0.15, -0.1) is 0 Å². The molecule has 16 heavy (non-hydrogen) atoms. The second-order valence-corrected chi connectivity index (χ2v) is 5.32. The van der Waals surface area contributed by atoms with Gasteiger partial charge in [-0.1, -0.05) is 11.6 Å². The van der Waals surface area contributed by atoms with Crippen LogP contribution in [0.2, 0.25) is 5.02 Å². The highest BCUT2D eigenvalue weighted by Crippen LogP contribution is 2.25. The Morgan fingerprint density at radius 3 is 3.12 bits per heavy atom. The predicted molar refractivity (Wildman–Crippen MR) is 69.0 cm³/mol. The second kappa shape index (κ2) is 5.34. The maximum atomic E-state index is 5.84. The molecule has 0 spiro atoms. The van der Waals surface area contributed by atoms with Crippen molar-refractivity contribution in [3.8, 4) is 0 Å². The summed E-state index contributed by atoms with van der Waals surface area (Å²) in [5.41, 5.74) is 0. The van der Waals surface area contributed by atoms with Crippen molar-refractivity contribution in [2.24, 2.45) is 0 Å². The summed E-state index contributed by atoms with van der Waals surface area (Å²) in [4.78, 5) is 4.27. The maximum absolute atomic E-state index is 5.84. The first-order valence-electron chi connectivity index (χ1n) is 5.34. The van der Waals surface area contributed by atoms with Crippen LogP contribution in [0.15, 0.2) is 16.7 Å². The minimum absolute atomic E-state index is 0.317. The molecule has 1 aliphatic heterocycles. The monoisotopic (exact) mass is 304 g/mol. The molecule has 0 aliphatic carbocycles. The van der Waals surface area contributed by atoms with Crippen LogP contribution in [0.5, 0.6) is 0 Å². The minimum atomic E-state index is 0.317. The zero-order valence-electron chi connectivity index (χ0n) is 9.04. The Morgan fingerprint density at radius 1 is 1.62 bits per heavy atom. The van der Waals surface area contributed by atoms with E-state index in [-0.39, 0.29) is 0 Å². The van der Waals surface area contributed by atoms with E-state index in [1.807, 2.05) is 6.07 Å². The minimum Gasteiger partial charge on any atom is -0.378 e. The van der Waals surface area contributed by atoms with Gasteiger partial charge in [0.2, 0.25) is 0 Å². The van der Waals surface area contributed by atoms with Gasteiger partial charge in [-0.2, -0.15) is 0 Å². The summed E-state index contributed by atoms with van der Waals surface area (Å²) >= 11 is 9.29. The molecule has 88 valence electrons. The van der Waals surface area contributed by atoms with Crippen LogP contribution in [0.1, 0.15) is 19.8 Å². The Hall–Kier alpha value is -0.320. The van der Waals surface area contributed by atoms with Crippen molar-refractivity contribution in [3.63, 3.8) is 0 Å². The summed E-state index contributed by atoms with van der Waals surface area (Å²) in [5.74, 6) is 0.850. The van der Waals surface area contributed by atoms with E-state index < -0.39 is 0 Å². The number of nitrogens with one attached hydrogen (secondary N) is 1. The van der Waals surface area contributed by atoms with Crippen molar-refractivity contribution >= 4 is 33.3 Å². The van der Waals surface area contributed by atoms with Gasteiger partial charge in [0, 0.05) is 18.8 Å².